The molecule has 0 fully saturated rings. The maximum Gasteiger partial charge on any atom is 0.0592 e. The van der Waals surface area contributed by atoms with Gasteiger partial charge in [0.2, 0.25) is 0 Å². The quantitative estimate of drug-likeness (QED) is 0.258. The number of nitrogens with two attached hydrogens (primary N) is 1. The Bertz CT molecular complexity index is 103. The summed E-state index contributed by atoms with van der Waals surface area (Å²) >= 11 is 0. The number of nitrogens with zero attached hydrogens (tertiary/aromatic N) is 5. The molecule has 0 aromatic carbocycles. The highest BCUT2D eigenvalue weighted by atomic mass is 16.5. The highest BCUT2D eigenvalue weighted by Crippen LogP contribution is 1.96. The monoisotopic (exact) mass is 146 g/mol. The predicted molar refractivity (Wildman–Crippen MR) is 36.2 cm³/mol. The molecule has 0 amide bonds. The number of hydroxylamine groups is 2. The van der Waals surface area contributed by atoms with E-state index >= 15 is 0 Å². The van der Waals surface area contributed by atoms with Crippen molar-refractivity contribution in [2.75, 3.05) is 20.8 Å². The molecular weight excluding hydrogens is 136 g/mol. The molecule has 0 heterocycles. The Kier molecular flexibility index (Phi) is 4.46. The van der Waals surface area contributed by atoms with Crippen molar-refractivity contribution in [2.45, 2.75) is 0 Å². The Balaban J connectivity index is 3.60. The Morgan fingerprint density at radius 2 is 2.30 bits per heavy atom. The molecule has 0 aliphatic carbocycles. The van der Waals surface area contributed by atoms with E-state index < -0.39 is 0 Å². The maximum atomic E-state index is 10.4. The van der Waals surface area contributed by atoms with Crippen LogP contribution >= 0.6 is 0 Å². The van der Waals surface area contributed by atoms with Crippen LogP contribution in [0.2, 0.25) is 0 Å². The van der Waals surface area contributed by atoms with Crippen molar-refractivity contribution in [3.8, 4) is 0 Å². The van der Waals surface area contributed by atoms with Crippen LogP contribution in [0.3, 0.4) is 0 Å². The van der Waals surface area contributed by atoms with E-state index in [0.29, 0.717) is 5.06 Å². The van der Waals surface area contributed by atoms with Gasteiger partial charge in [0.05, 0.1) is 6.67 Å². The highest BCUT2D eigenvalue weighted by molar-refractivity contribution is 4.62. The molecule has 0 aliphatic heterocycles. The normalized spacial score (nSPS) is 11.2. The zero-order chi connectivity index (χ0) is 7.98. The largest absolute Gasteiger partial charge is 0.784 e. The molecule has 0 unspecified atom stereocenters. The average molecular weight is 146 g/mol. The van der Waals surface area contributed by atoms with Gasteiger partial charge in [-0.05, 0) is 7.05 Å². The van der Waals surface area contributed by atoms with Crippen LogP contribution in [0.5, 0.6) is 0 Å². The Hall–Kier alpha value is -0.920. The molecule has 0 rings (SSSR count). The van der Waals surface area contributed by atoms with Gasteiger partial charge in [-0.15, -0.1) is 7.05 Å². The predicted octanol–water partition coefficient (Wildman–Crippen LogP) is -0.165. The number of hydrogen-bond acceptors (Lipinski definition) is 4. The van der Waals surface area contributed by atoms with Crippen LogP contribution in [0.15, 0.2) is 10.4 Å². The summed E-state index contributed by atoms with van der Waals surface area (Å²) in [6.07, 6.45) is 0. The third-order valence-electron chi connectivity index (χ3n) is 0.711. The van der Waals surface area contributed by atoms with Crippen molar-refractivity contribution in [1.82, 2.24) is 10.2 Å². The molecular formula is C3H10N6O-2. The van der Waals surface area contributed by atoms with Gasteiger partial charge in [0.25, 0.3) is 0 Å². The summed E-state index contributed by atoms with van der Waals surface area (Å²) in [5.41, 5.74) is 3.57. The van der Waals surface area contributed by atoms with Gasteiger partial charge in [0, 0.05) is 0 Å². The first-order chi connectivity index (χ1) is 4.70. The van der Waals surface area contributed by atoms with E-state index in [1.54, 1.807) is 0 Å². The van der Waals surface area contributed by atoms with Gasteiger partial charge < -0.3 is 26.7 Å². The van der Waals surface area contributed by atoms with Crippen molar-refractivity contribution in [1.29, 1.82) is 0 Å². The number of rotatable bonds is 4. The molecule has 2 N–H and O–H groups in total. The van der Waals surface area contributed by atoms with Crippen LogP contribution in [0.4, 0.5) is 0 Å². The SMILES string of the molecule is C[N-]N(CN(C)[O-])/N=N\N. The van der Waals surface area contributed by atoms with Gasteiger partial charge in [0.15, 0.2) is 0 Å². The first-order valence-electron chi connectivity index (χ1n) is 2.57. The van der Waals surface area contributed by atoms with Gasteiger partial charge in [-0.3, -0.25) is 0 Å². The molecule has 0 bridgehead atoms. The zero-order valence-corrected chi connectivity index (χ0v) is 5.93. The minimum atomic E-state index is 0.0250. The molecule has 10 heavy (non-hydrogen) atoms. The van der Waals surface area contributed by atoms with E-state index in [1.165, 1.54) is 14.1 Å². The van der Waals surface area contributed by atoms with E-state index in [2.05, 4.69) is 15.9 Å². The van der Waals surface area contributed by atoms with Gasteiger partial charge >= 0.3 is 0 Å². The van der Waals surface area contributed by atoms with Crippen LogP contribution in [-0.2, 0) is 0 Å². The summed E-state index contributed by atoms with van der Waals surface area (Å²) in [6, 6.07) is 0. The zero-order valence-electron chi connectivity index (χ0n) is 5.93. The average Bonchev–Trinajstić information content (AvgIpc) is 1.86. The maximum absolute atomic E-state index is 10.4. The third kappa shape index (κ3) is 4.01. The lowest BCUT2D eigenvalue weighted by molar-refractivity contribution is 0.233. The smallest absolute Gasteiger partial charge is 0.0592 e. The summed E-state index contributed by atoms with van der Waals surface area (Å²) in [5, 5.41) is 18.4. The molecule has 0 spiro atoms. The molecule has 0 saturated carbocycles. The second-order valence-corrected chi connectivity index (χ2v) is 1.55. The first kappa shape index (κ1) is 9.08. The van der Waals surface area contributed by atoms with Crippen molar-refractivity contribution in [3.63, 3.8) is 0 Å². The molecule has 7 heteroatoms. The highest BCUT2D eigenvalue weighted by Gasteiger charge is 1.84. The molecule has 60 valence electrons. The standard InChI is InChI=1S/C3H10N6O/c1-5-9(7-6-4)3-8(2)10/h3H2,1-2H3,(H2,4,7)/q-2. The lowest BCUT2D eigenvalue weighted by atomic mass is 11.0. The van der Waals surface area contributed by atoms with Crippen LogP contribution < -0.4 is 5.84 Å². The van der Waals surface area contributed by atoms with E-state index in [4.69, 9.17) is 5.84 Å². The third-order valence-corrected chi connectivity index (χ3v) is 0.711. The molecule has 0 aromatic rings. The lowest BCUT2D eigenvalue weighted by Gasteiger charge is -2.35. The van der Waals surface area contributed by atoms with Gasteiger partial charge in [-0.2, -0.15) is 0 Å². The first-order valence-corrected chi connectivity index (χ1v) is 2.57. The van der Waals surface area contributed by atoms with Crippen LogP contribution in [-0.4, -0.2) is 30.9 Å². The fourth-order valence-corrected chi connectivity index (χ4v) is 0.369. The van der Waals surface area contributed by atoms with Crippen molar-refractivity contribution in [3.05, 3.63) is 10.6 Å². The molecule has 0 atom stereocenters. The Morgan fingerprint density at radius 1 is 1.70 bits per heavy atom. The van der Waals surface area contributed by atoms with Gasteiger partial charge in [-0.1, -0.05) is 10.4 Å². The molecule has 0 aliphatic rings. The van der Waals surface area contributed by atoms with E-state index in [1.807, 2.05) is 0 Å². The van der Waals surface area contributed by atoms with Crippen molar-refractivity contribution < 1.29 is 0 Å². The van der Waals surface area contributed by atoms with Crippen LogP contribution in [0.1, 0.15) is 0 Å². The topological polar surface area (TPSA) is 94.4 Å². The fraction of sp³-hybridized carbons (Fsp3) is 1.00. The van der Waals surface area contributed by atoms with Crippen LogP contribution in [0, 0.1) is 5.21 Å². The Morgan fingerprint density at radius 3 is 2.60 bits per heavy atom. The molecule has 0 saturated heterocycles. The van der Waals surface area contributed by atoms with Crippen LogP contribution in [0.25, 0.3) is 5.43 Å². The second kappa shape index (κ2) is 4.91. The summed E-state index contributed by atoms with van der Waals surface area (Å²) in [7, 11) is 2.84. The Labute approximate surface area is 59.0 Å². The lowest BCUT2D eigenvalue weighted by Crippen LogP contribution is -2.24. The molecule has 7 nitrogen and oxygen atoms in total. The summed E-state index contributed by atoms with van der Waals surface area (Å²) in [5.74, 6) is 4.72. The van der Waals surface area contributed by atoms with E-state index in [9.17, 15) is 5.21 Å². The minimum Gasteiger partial charge on any atom is -0.784 e. The summed E-state index contributed by atoms with van der Waals surface area (Å²) in [6.45, 7) is 0.0250. The van der Waals surface area contributed by atoms with Crippen molar-refractivity contribution in [2.24, 2.45) is 16.3 Å². The van der Waals surface area contributed by atoms with Gasteiger partial charge in [-0.25, -0.2) is 0 Å². The second-order valence-electron chi connectivity index (χ2n) is 1.55. The minimum absolute atomic E-state index is 0.0250. The number of hydrogen-bond donors (Lipinski definition) is 1. The van der Waals surface area contributed by atoms with E-state index in [-0.39, 0.29) is 6.67 Å². The summed E-state index contributed by atoms with van der Waals surface area (Å²) < 4.78 is 0. The van der Waals surface area contributed by atoms with Gasteiger partial charge in [0.1, 0.15) is 0 Å². The molecule has 0 aromatic heterocycles. The van der Waals surface area contributed by atoms with Crippen molar-refractivity contribution >= 4 is 0 Å². The van der Waals surface area contributed by atoms with E-state index in [0.717, 1.165) is 5.12 Å². The fourth-order valence-electron chi connectivity index (χ4n) is 0.369. The molecule has 0 radical (unpaired) electrons. The summed E-state index contributed by atoms with van der Waals surface area (Å²) in [4.78, 5) is 0.